The van der Waals surface area contributed by atoms with E-state index in [9.17, 15) is 9.59 Å². The highest BCUT2D eigenvalue weighted by molar-refractivity contribution is 6.00. The lowest BCUT2D eigenvalue weighted by Gasteiger charge is -2.44. The molecule has 174 valence electrons. The van der Waals surface area contributed by atoms with Crippen LogP contribution in [0.4, 0.5) is 10.5 Å². The van der Waals surface area contributed by atoms with Gasteiger partial charge in [0.15, 0.2) is 0 Å². The Hall–Kier alpha value is -3.10. The molecule has 0 radical (unpaired) electrons. The van der Waals surface area contributed by atoms with Gasteiger partial charge < -0.3 is 14.5 Å². The molecule has 3 amide bonds. The predicted octanol–water partition coefficient (Wildman–Crippen LogP) is 3.12. The van der Waals surface area contributed by atoms with Gasteiger partial charge in [0, 0.05) is 32.4 Å². The fourth-order valence-corrected chi connectivity index (χ4v) is 5.05. The number of likely N-dealkylation sites (N-methyl/N-ethyl adjacent to an activating group) is 1. The minimum Gasteiger partial charge on any atom is -0.457 e. The molecule has 0 spiro atoms. The molecular formula is C25H31N5O3. The maximum Gasteiger partial charge on any atom is 0.327 e. The first-order chi connectivity index (χ1) is 15.9. The van der Waals surface area contributed by atoms with E-state index < -0.39 is 0 Å². The first-order valence-corrected chi connectivity index (χ1v) is 11.6. The molecule has 33 heavy (non-hydrogen) atoms. The molecule has 2 aromatic rings. The minimum absolute atomic E-state index is 0.0970. The predicted molar refractivity (Wildman–Crippen MR) is 126 cm³/mol. The third-order valence-corrected chi connectivity index (χ3v) is 6.56. The van der Waals surface area contributed by atoms with Crippen LogP contribution in [0.3, 0.4) is 0 Å². The number of carbonyl (C=O) groups excluding carboxylic acids is 2. The molecule has 3 fully saturated rings. The summed E-state index contributed by atoms with van der Waals surface area (Å²) in [6.45, 7) is 6.17. The summed E-state index contributed by atoms with van der Waals surface area (Å²) in [6.07, 6.45) is 0.464. The Morgan fingerprint density at radius 3 is 2.39 bits per heavy atom. The lowest BCUT2D eigenvalue weighted by molar-refractivity contribution is -0.139. The van der Waals surface area contributed by atoms with Crippen LogP contribution in [0, 0.1) is 5.92 Å². The maximum atomic E-state index is 13.4. The number of ether oxygens (including phenoxy) is 1. The van der Waals surface area contributed by atoms with E-state index in [-0.39, 0.29) is 36.4 Å². The molecule has 3 heterocycles. The zero-order valence-corrected chi connectivity index (χ0v) is 19.3. The summed E-state index contributed by atoms with van der Waals surface area (Å²) in [5.41, 5.74) is 1.05. The fraction of sp³-hybridized carbons (Fsp3) is 0.440. The Labute approximate surface area is 194 Å². The van der Waals surface area contributed by atoms with E-state index >= 15 is 0 Å². The van der Waals surface area contributed by atoms with Crippen LogP contribution < -0.4 is 15.0 Å². The Bertz CT molecular complexity index is 1010. The lowest BCUT2D eigenvalue weighted by atomic mass is 10.1. The summed E-state index contributed by atoms with van der Waals surface area (Å²) in [4.78, 5) is 33.9. The third kappa shape index (κ3) is 3.94. The molecule has 0 bridgehead atoms. The zero-order valence-electron chi connectivity index (χ0n) is 19.3. The molecule has 3 aliphatic rings. The molecular weight excluding hydrogens is 418 g/mol. The number of hydrogen-bond donors (Lipinski definition) is 1. The Morgan fingerprint density at radius 2 is 1.70 bits per heavy atom. The van der Waals surface area contributed by atoms with E-state index in [4.69, 9.17) is 4.74 Å². The van der Waals surface area contributed by atoms with E-state index in [1.54, 1.807) is 11.9 Å². The number of carbonyl (C=O) groups is 2. The zero-order chi connectivity index (χ0) is 23.1. The van der Waals surface area contributed by atoms with E-state index in [2.05, 4.69) is 15.1 Å². The van der Waals surface area contributed by atoms with Crippen LogP contribution in [0.15, 0.2) is 54.6 Å². The Kier molecular flexibility index (Phi) is 5.72. The van der Waals surface area contributed by atoms with Crippen molar-refractivity contribution in [2.75, 3.05) is 31.6 Å². The quantitative estimate of drug-likeness (QED) is 0.757. The first kappa shape index (κ1) is 21.7. The molecule has 5 rings (SSSR count). The summed E-state index contributed by atoms with van der Waals surface area (Å²) >= 11 is 0. The van der Waals surface area contributed by atoms with Gasteiger partial charge >= 0.3 is 6.03 Å². The number of anilines is 1. The fourth-order valence-electron chi connectivity index (χ4n) is 5.05. The maximum absolute atomic E-state index is 13.4. The van der Waals surface area contributed by atoms with E-state index in [0.29, 0.717) is 6.54 Å². The summed E-state index contributed by atoms with van der Waals surface area (Å²) in [7, 11) is 1.78. The molecule has 3 unspecified atom stereocenters. The average molecular weight is 450 g/mol. The van der Waals surface area contributed by atoms with E-state index in [1.165, 1.54) is 4.90 Å². The summed E-state index contributed by atoms with van der Waals surface area (Å²) in [5.74, 6) is 1.70. The number of nitrogens with zero attached hydrogens (tertiary/aromatic N) is 4. The van der Waals surface area contributed by atoms with Gasteiger partial charge in [0.2, 0.25) is 0 Å². The van der Waals surface area contributed by atoms with Crippen molar-refractivity contribution in [3.05, 3.63) is 54.6 Å². The second-order valence-corrected chi connectivity index (χ2v) is 9.36. The number of fused-ring (bicyclic) bond motifs is 3. The van der Waals surface area contributed by atoms with Gasteiger partial charge in [-0.25, -0.2) is 4.79 Å². The normalized spacial score (nSPS) is 25.5. The Balaban J connectivity index is 1.36. The van der Waals surface area contributed by atoms with Gasteiger partial charge in [0.25, 0.3) is 5.91 Å². The summed E-state index contributed by atoms with van der Waals surface area (Å²) < 4.78 is 5.93. The van der Waals surface area contributed by atoms with Gasteiger partial charge in [0.05, 0.1) is 0 Å². The molecule has 2 aromatic carbocycles. The molecule has 3 saturated heterocycles. The molecule has 1 N–H and O–H groups in total. The number of imide groups is 1. The summed E-state index contributed by atoms with van der Waals surface area (Å²) in [6, 6.07) is 17.1. The van der Waals surface area contributed by atoms with Crippen molar-refractivity contribution in [1.82, 2.24) is 20.0 Å². The van der Waals surface area contributed by atoms with Crippen molar-refractivity contribution in [1.29, 1.82) is 0 Å². The van der Waals surface area contributed by atoms with E-state index in [1.807, 2.05) is 68.4 Å². The van der Waals surface area contributed by atoms with Gasteiger partial charge in [-0.15, -0.1) is 0 Å². The van der Waals surface area contributed by atoms with E-state index in [0.717, 1.165) is 36.7 Å². The first-order valence-electron chi connectivity index (χ1n) is 11.6. The SMILES string of the molecule is CC(C)CN1C(=O)C2C(NC3N(c4ccc(Oc5ccccc5)cc4)CCCN23)N(C)C1=O. The van der Waals surface area contributed by atoms with Gasteiger partial charge in [-0.3, -0.25) is 19.9 Å². The molecule has 0 aromatic heterocycles. The van der Waals surface area contributed by atoms with Crippen LogP contribution in [0.25, 0.3) is 0 Å². The van der Waals surface area contributed by atoms with Crippen LogP contribution in [0.5, 0.6) is 11.5 Å². The molecule has 3 aliphatic heterocycles. The monoisotopic (exact) mass is 449 g/mol. The van der Waals surface area contributed by atoms with Crippen molar-refractivity contribution < 1.29 is 14.3 Å². The van der Waals surface area contributed by atoms with Crippen molar-refractivity contribution in [3.63, 3.8) is 0 Å². The van der Waals surface area contributed by atoms with Crippen LogP contribution in [0.2, 0.25) is 0 Å². The largest absolute Gasteiger partial charge is 0.457 e. The van der Waals surface area contributed by atoms with Gasteiger partial charge in [0.1, 0.15) is 30.0 Å². The van der Waals surface area contributed by atoms with Gasteiger partial charge in [-0.05, 0) is 48.7 Å². The number of nitrogens with one attached hydrogen (secondary N) is 1. The van der Waals surface area contributed by atoms with Crippen molar-refractivity contribution in [2.24, 2.45) is 5.92 Å². The lowest BCUT2D eigenvalue weighted by Crippen LogP contribution is -2.66. The molecule has 8 heteroatoms. The number of para-hydroxylation sites is 1. The number of amides is 3. The van der Waals surface area contributed by atoms with Crippen molar-refractivity contribution in [3.8, 4) is 11.5 Å². The average Bonchev–Trinajstić information content (AvgIpc) is 3.22. The number of urea groups is 1. The molecule has 3 atom stereocenters. The third-order valence-electron chi connectivity index (χ3n) is 6.56. The topological polar surface area (TPSA) is 68.4 Å². The highest BCUT2D eigenvalue weighted by Gasteiger charge is 2.56. The minimum atomic E-state index is -0.375. The van der Waals surface area contributed by atoms with Crippen LogP contribution in [-0.4, -0.2) is 71.8 Å². The standard InChI is InChI=1S/C25H31N5O3/c1-17(2)16-30-23(31)21-22(27(3)25(30)32)26-24-28(14-7-15-29(21)24)18-10-12-20(13-11-18)33-19-8-5-4-6-9-19/h4-6,8-13,17,21-22,24,26H,7,14-16H2,1-3H3. The van der Waals surface area contributed by atoms with Crippen molar-refractivity contribution in [2.45, 2.75) is 38.8 Å². The van der Waals surface area contributed by atoms with Crippen LogP contribution >= 0.6 is 0 Å². The molecule has 8 nitrogen and oxygen atoms in total. The van der Waals surface area contributed by atoms with Gasteiger partial charge in [-0.1, -0.05) is 32.0 Å². The number of rotatable bonds is 5. The van der Waals surface area contributed by atoms with Crippen LogP contribution in [0.1, 0.15) is 20.3 Å². The second-order valence-electron chi connectivity index (χ2n) is 9.36. The number of benzene rings is 2. The van der Waals surface area contributed by atoms with Crippen LogP contribution in [-0.2, 0) is 4.79 Å². The number of hydrogen-bond acceptors (Lipinski definition) is 6. The molecule has 0 aliphatic carbocycles. The Morgan fingerprint density at radius 1 is 1.00 bits per heavy atom. The highest BCUT2D eigenvalue weighted by atomic mass is 16.5. The molecule has 0 saturated carbocycles. The second kappa shape index (κ2) is 8.68. The smallest absolute Gasteiger partial charge is 0.327 e. The van der Waals surface area contributed by atoms with Crippen molar-refractivity contribution >= 4 is 17.6 Å². The highest BCUT2D eigenvalue weighted by Crippen LogP contribution is 2.34. The van der Waals surface area contributed by atoms with Gasteiger partial charge in [-0.2, -0.15) is 0 Å². The summed E-state index contributed by atoms with van der Waals surface area (Å²) in [5, 5.41) is 3.56.